The standard InChI is InChI=1S/C24H22BrN3O/c1-18(20-10-6-3-7-11-20)26-28-23(29)17-27(16-19-8-4-2-5-9-19)24(28)21-12-14-22(25)15-13-21/h2-15,24,26H,1,16-17H2. The van der Waals surface area contributed by atoms with Crippen LogP contribution >= 0.6 is 15.9 Å². The van der Waals surface area contributed by atoms with Gasteiger partial charge in [-0.05, 0) is 28.8 Å². The van der Waals surface area contributed by atoms with Crippen LogP contribution in [0.4, 0.5) is 0 Å². The number of amides is 1. The van der Waals surface area contributed by atoms with E-state index in [2.05, 4.69) is 45.0 Å². The van der Waals surface area contributed by atoms with Crippen molar-refractivity contribution in [3.05, 3.63) is 113 Å². The van der Waals surface area contributed by atoms with Crippen molar-refractivity contribution >= 4 is 27.5 Å². The van der Waals surface area contributed by atoms with Crippen LogP contribution in [0.2, 0.25) is 0 Å². The fraction of sp³-hybridized carbons (Fsp3) is 0.125. The van der Waals surface area contributed by atoms with E-state index in [0.29, 0.717) is 18.8 Å². The van der Waals surface area contributed by atoms with Crippen LogP contribution in [0.1, 0.15) is 22.9 Å². The second-order valence-electron chi connectivity index (χ2n) is 7.04. The second-order valence-corrected chi connectivity index (χ2v) is 7.95. The molecule has 0 saturated carbocycles. The Balaban J connectivity index is 1.63. The molecule has 0 aromatic heterocycles. The maximum absolute atomic E-state index is 13.0. The first kappa shape index (κ1) is 19.4. The summed E-state index contributed by atoms with van der Waals surface area (Å²) in [5.41, 5.74) is 7.13. The lowest BCUT2D eigenvalue weighted by Gasteiger charge is -2.31. The minimum atomic E-state index is -0.226. The van der Waals surface area contributed by atoms with Gasteiger partial charge in [0.1, 0.15) is 6.17 Å². The van der Waals surface area contributed by atoms with Crippen molar-refractivity contribution in [2.45, 2.75) is 12.7 Å². The van der Waals surface area contributed by atoms with E-state index < -0.39 is 0 Å². The lowest BCUT2D eigenvalue weighted by Crippen LogP contribution is -2.41. The monoisotopic (exact) mass is 447 g/mol. The topological polar surface area (TPSA) is 35.6 Å². The van der Waals surface area contributed by atoms with Gasteiger partial charge in [-0.15, -0.1) is 0 Å². The summed E-state index contributed by atoms with van der Waals surface area (Å²) in [6.45, 7) is 5.16. The van der Waals surface area contributed by atoms with Crippen LogP contribution in [0.3, 0.4) is 0 Å². The van der Waals surface area contributed by atoms with Gasteiger partial charge in [-0.1, -0.05) is 95.3 Å². The Labute approximate surface area is 179 Å². The molecule has 1 aliphatic rings. The molecule has 1 saturated heterocycles. The molecule has 29 heavy (non-hydrogen) atoms. The van der Waals surface area contributed by atoms with Gasteiger partial charge in [-0.25, -0.2) is 5.01 Å². The van der Waals surface area contributed by atoms with E-state index in [1.54, 1.807) is 5.01 Å². The highest BCUT2D eigenvalue weighted by atomic mass is 79.9. The summed E-state index contributed by atoms with van der Waals surface area (Å²) in [6, 6.07) is 28.2. The Bertz CT molecular complexity index is 990. The van der Waals surface area contributed by atoms with Crippen LogP contribution < -0.4 is 5.43 Å². The first-order valence-electron chi connectivity index (χ1n) is 9.48. The predicted molar refractivity (Wildman–Crippen MR) is 119 cm³/mol. The van der Waals surface area contributed by atoms with Gasteiger partial charge in [-0.3, -0.25) is 15.1 Å². The molecular formula is C24H22BrN3O. The van der Waals surface area contributed by atoms with E-state index in [0.717, 1.165) is 15.6 Å². The highest BCUT2D eigenvalue weighted by Crippen LogP contribution is 2.32. The third kappa shape index (κ3) is 4.42. The molecule has 0 spiro atoms. The lowest BCUT2D eigenvalue weighted by atomic mass is 10.1. The normalized spacial score (nSPS) is 16.8. The molecule has 1 fully saturated rings. The Morgan fingerprint density at radius 3 is 2.24 bits per heavy atom. The van der Waals surface area contributed by atoms with Crippen molar-refractivity contribution in [3.8, 4) is 0 Å². The molecule has 1 N–H and O–H groups in total. The molecule has 1 amide bonds. The van der Waals surface area contributed by atoms with E-state index >= 15 is 0 Å². The molecule has 4 rings (SSSR count). The number of halogens is 1. The fourth-order valence-corrected chi connectivity index (χ4v) is 3.83. The number of carbonyl (C=O) groups excluding carboxylic acids is 1. The third-order valence-corrected chi connectivity index (χ3v) is 5.50. The molecule has 1 atom stereocenters. The number of rotatable bonds is 6. The van der Waals surface area contributed by atoms with Gasteiger partial charge < -0.3 is 0 Å². The number of hydrazine groups is 1. The number of benzene rings is 3. The van der Waals surface area contributed by atoms with Crippen LogP contribution in [0.5, 0.6) is 0 Å². The molecule has 3 aromatic carbocycles. The van der Waals surface area contributed by atoms with E-state index in [-0.39, 0.29) is 12.1 Å². The van der Waals surface area contributed by atoms with Crippen molar-refractivity contribution in [2.24, 2.45) is 0 Å². The average molecular weight is 448 g/mol. The molecule has 1 aliphatic heterocycles. The zero-order valence-electron chi connectivity index (χ0n) is 16.0. The second kappa shape index (κ2) is 8.64. The van der Waals surface area contributed by atoms with Crippen LogP contribution in [0, 0.1) is 0 Å². The Morgan fingerprint density at radius 2 is 1.59 bits per heavy atom. The van der Waals surface area contributed by atoms with Gasteiger partial charge >= 0.3 is 0 Å². The molecule has 0 radical (unpaired) electrons. The largest absolute Gasteiger partial charge is 0.294 e. The SMILES string of the molecule is C=C(NN1C(=O)CN(Cc2ccccc2)C1c1ccc(Br)cc1)c1ccccc1. The summed E-state index contributed by atoms with van der Waals surface area (Å²) in [5, 5.41) is 1.70. The first-order chi connectivity index (χ1) is 14.1. The van der Waals surface area contributed by atoms with Crippen molar-refractivity contribution < 1.29 is 4.79 Å². The average Bonchev–Trinajstić information content (AvgIpc) is 3.04. The van der Waals surface area contributed by atoms with E-state index in [1.807, 2.05) is 72.8 Å². The van der Waals surface area contributed by atoms with Crippen LogP contribution in [-0.2, 0) is 11.3 Å². The van der Waals surface area contributed by atoms with Gasteiger partial charge in [-0.2, -0.15) is 0 Å². The zero-order valence-corrected chi connectivity index (χ0v) is 17.5. The summed E-state index contributed by atoms with van der Waals surface area (Å²) >= 11 is 3.50. The molecule has 1 unspecified atom stereocenters. The van der Waals surface area contributed by atoms with Crippen molar-refractivity contribution in [1.82, 2.24) is 15.3 Å². The number of nitrogens with zero attached hydrogens (tertiary/aromatic N) is 2. The summed E-state index contributed by atoms with van der Waals surface area (Å²) in [5.74, 6) is 0.0194. The number of carbonyl (C=O) groups is 1. The molecule has 1 heterocycles. The van der Waals surface area contributed by atoms with Crippen molar-refractivity contribution in [3.63, 3.8) is 0 Å². The molecule has 4 nitrogen and oxygen atoms in total. The Kier molecular flexibility index (Phi) is 5.79. The minimum Gasteiger partial charge on any atom is -0.294 e. The zero-order chi connectivity index (χ0) is 20.2. The highest BCUT2D eigenvalue weighted by Gasteiger charge is 2.39. The van der Waals surface area contributed by atoms with Gasteiger partial charge in [0, 0.05) is 11.0 Å². The van der Waals surface area contributed by atoms with E-state index in [9.17, 15) is 4.79 Å². The van der Waals surface area contributed by atoms with Gasteiger partial charge in [0.05, 0.1) is 12.2 Å². The lowest BCUT2D eigenvalue weighted by molar-refractivity contribution is -0.130. The van der Waals surface area contributed by atoms with Gasteiger partial charge in [0.2, 0.25) is 0 Å². The molecule has 3 aromatic rings. The summed E-state index contributed by atoms with van der Waals surface area (Å²) in [4.78, 5) is 15.1. The predicted octanol–water partition coefficient (Wildman–Crippen LogP) is 4.97. The Morgan fingerprint density at radius 1 is 0.966 bits per heavy atom. The molecular weight excluding hydrogens is 426 g/mol. The van der Waals surface area contributed by atoms with Crippen molar-refractivity contribution in [1.29, 1.82) is 0 Å². The minimum absolute atomic E-state index is 0.0194. The van der Waals surface area contributed by atoms with Crippen LogP contribution in [0.15, 0.2) is 96.0 Å². The molecule has 0 bridgehead atoms. The maximum atomic E-state index is 13.0. The van der Waals surface area contributed by atoms with Crippen LogP contribution in [-0.4, -0.2) is 22.4 Å². The Hall–Kier alpha value is -2.89. The first-order valence-corrected chi connectivity index (χ1v) is 10.3. The third-order valence-electron chi connectivity index (χ3n) is 4.97. The quantitative estimate of drug-likeness (QED) is 0.579. The van der Waals surface area contributed by atoms with E-state index in [4.69, 9.17) is 0 Å². The number of hydrogen-bond donors (Lipinski definition) is 1. The van der Waals surface area contributed by atoms with Crippen LogP contribution in [0.25, 0.3) is 5.70 Å². The molecule has 0 aliphatic carbocycles. The summed E-state index contributed by atoms with van der Waals surface area (Å²) in [6.07, 6.45) is -0.226. The van der Waals surface area contributed by atoms with Crippen molar-refractivity contribution in [2.75, 3.05) is 6.54 Å². The number of nitrogens with one attached hydrogen (secondary N) is 1. The van der Waals surface area contributed by atoms with E-state index in [1.165, 1.54) is 5.56 Å². The summed E-state index contributed by atoms with van der Waals surface area (Å²) in [7, 11) is 0. The van der Waals surface area contributed by atoms with Gasteiger partial charge in [0.15, 0.2) is 0 Å². The smallest absolute Gasteiger partial charge is 0.257 e. The number of hydrogen-bond acceptors (Lipinski definition) is 3. The highest BCUT2D eigenvalue weighted by molar-refractivity contribution is 9.10. The summed E-state index contributed by atoms with van der Waals surface area (Å²) < 4.78 is 1.01. The van der Waals surface area contributed by atoms with Gasteiger partial charge in [0.25, 0.3) is 5.91 Å². The molecule has 5 heteroatoms. The molecule has 146 valence electrons. The maximum Gasteiger partial charge on any atom is 0.257 e. The fourth-order valence-electron chi connectivity index (χ4n) is 3.56.